The second-order valence-electron chi connectivity index (χ2n) is 5.50. The average molecular weight is 326 g/mol. The second-order valence-corrected chi connectivity index (χ2v) is 5.50. The molecule has 2 fully saturated rings. The molecular formula is C13H14N2O8. The molecule has 0 unspecified atom stereocenters. The fourth-order valence-electron chi connectivity index (χ4n) is 2.68. The zero-order valence-electron chi connectivity index (χ0n) is 12.1. The molecule has 2 aliphatic heterocycles. The van der Waals surface area contributed by atoms with Gasteiger partial charge in [0.2, 0.25) is 29.0 Å². The third-order valence-electron chi connectivity index (χ3n) is 4.07. The van der Waals surface area contributed by atoms with Gasteiger partial charge in [0.05, 0.1) is 0 Å². The number of carbonyl (C=O) groups is 6. The van der Waals surface area contributed by atoms with Gasteiger partial charge >= 0.3 is 11.9 Å². The number of imide groups is 2. The number of rotatable bonds is 5. The highest BCUT2D eigenvalue weighted by Crippen LogP contribution is 2.35. The van der Waals surface area contributed by atoms with E-state index in [0.29, 0.717) is 9.80 Å². The van der Waals surface area contributed by atoms with Crippen LogP contribution in [-0.4, -0.2) is 61.7 Å². The van der Waals surface area contributed by atoms with Gasteiger partial charge < -0.3 is 10.2 Å². The predicted octanol–water partition coefficient (Wildman–Crippen LogP) is -1.21. The van der Waals surface area contributed by atoms with E-state index >= 15 is 0 Å². The third kappa shape index (κ3) is 2.35. The minimum Gasteiger partial charge on any atom is -0.480 e. The van der Waals surface area contributed by atoms with E-state index in [2.05, 4.69) is 0 Å². The predicted molar refractivity (Wildman–Crippen MR) is 69.3 cm³/mol. The van der Waals surface area contributed by atoms with Gasteiger partial charge in [0.15, 0.2) is 0 Å². The van der Waals surface area contributed by atoms with Crippen LogP contribution in [0.5, 0.6) is 0 Å². The molecule has 0 spiro atoms. The van der Waals surface area contributed by atoms with Crippen molar-refractivity contribution in [2.24, 2.45) is 5.41 Å². The summed E-state index contributed by atoms with van der Waals surface area (Å²) in [5, 5.41) is 18.7. The lowest BCUT2D eigenvalue weighted by Gasteiger charge is -2.40. The van der Waals surface area contributed by atoms with Gasteiger partial charge in [0, 0.05) is 25.7 Å². The SMILES string of the molecule is CC(C(=O)O)(C(=O)O)C(N1C(=O)CCC1=O)N1C(=O)CCC1=O. The van der Waals surface area contributed by atoms with Gasteiger partial charge in [0.1, 0.15) is 6.17 Å². The second kappa shape index (κ2) is 5.45. The van der Waals surface area contributed by atoms with Crippen LogP contribution < -0.4 is 0 Å². The Kier molecular flexibility index (Phi) is 3.93. The van der Waals surface area contributed by atoms with E-state index in [0.717, 1.165) is 6.92 Å². The van der Waals surface area contributed by atoms with Gasteiger partial charge in [-0.15, -0.1) is 0 Å². The molecule has 10 heteroatoms. The van der Waals surface area contributed by atoms with Crippen LogP contribution in [0, 0.1) is 5.41 Å². The van der Waals surface area contributed by atoms with Crippen molar-refractivity contribution in [1.82, 2.24) is 9.80 Å². The van der Waals surface area contributed by atoms with E-state index in [1.165, 1.54) is 0 Å². The summed E-state index contributed by atoms with van der Waals surface area (Å²) in [6, 6.07) is 0. The topological polar surface area (TPSA) is 149 Å². The number of aliphatic carboxylic acids is 2. The van der Waals surface area contributed by atoms with Crippen molar-refractivity contribution in [3.05, 3.63) is 0 Å². The van der Waals surface area contributed by atoms with Crippen LogP contribution in [0.4, 0.5) is 0 Å². The number of amides is 4. The first-order chi connectivity index (χ1) is 10.6. The Morgan fingerprint density at radius 1 is 0.826 bits per heavy atom. The van der Waals surface area contributed by atoms with Crippen molar-refractivity contribution >= 4 is 35.6 Å². The Hall–Kier alpha value is -2.78. The number of carbonyl (C=O) groups excluding carboxylic acids is 4. The number of likely N-dealkylation sites (tertiary alicyclic amines) is 2. The molecule has 10 nitrogen and oxygen atoms in total. The van der Waals surface area contributed by atoms with Crippen LogP contribution >= 0.6 is 0 Å². The first-order valence-electron chi connectivity index (χ1n) is 6.79. The molecule has 0 aromatic carbocycles. The molecule has 0 aliphatic carbocycles. The van der Waals surface area contributed by atoms with Crippen molar-refractivity contribution in [2.45, 2.75) is 38.8 Å². The van der Waals surface area contributed by atoms with Crippen molar-refractivity contribution in [2.75, 3.05) is 0 Å². The number of carboxylic acid groups (broad SMARTS) is 2. The molecule has 4 amide bonds. The summed E-state index contributed by atoms with van der Waals surface area (Å²) < 4.78 is 0. The fraction of sp³-hybridized carbons (Fsp3) is 0.538. The molecule has 0 atom stereocenters. The Morgan fingerprint density at radius 3 is 1.30 bits per heavy atom. The summed E-state index contributed by atoms with van der Waals surface area (Å²) in [7, 11) is 0. The molecule has 2 heterocycles. The Bertz CT molecular complexity index is 558. The Balaban J connectivity index is 2.64. The standard InChI is InChI=1S/C13H14N2O8/c1-13(11(20)21,12(22)23)10(14-6(16)2-3-7(14)17)15-8(18)4-5-9(15)19/h10H,2-5H2,1H3,(H,20,21)(H,22,23). The van der Waals surface area contributed by atoms with Crippen LogP contribution in [0.25, 0.3) is 0 Å². The maximum Gasteiger partial charge on any atom is 0.324 e. The van der Waals surface area contributed by atoms with Crippen LogP contribution in [0.3, 0.4) is 0 Å². The Morgan fingerprint density at radius 2 is 1.09 bits per heavy atom. The van der Waals surface area contributed by atoms with Gasteiger partial charge in [0.25, 0.3) is 0 Å². The maximum atomic E-state index is 12.0. The van der Waals surface area contributed by atoms with Gasteiger partial charge in [-0.25, -0.2) is 0 Å². The number of carboxylic acids is 2. The lowest BCUT2D eigenvalue weighted by molar-refractivity contribution is -0.180. The number of hydrogen-bond donors (Lipinski definition) is 2. The molecule has 0 saturated carbocycles. The molecule has 0 aromatic heterocycles. The lowest BCUT2D eigenvalue weighted by Crippen LogP contribution is -2.65. The highest BCUT2D eigenvalue weighted by Gasteiger charge is 2.60. The summed E-state index contributed by atoms with van der Waals surface area (Å²) in [6.07, 6.45) is -2.97. The zero-order valence-corrected chi connectivity index (χ0v) is 12.1. The van der Waals surface area contributed by atoms with E-state index in [-0.39, 0.29) is 25.7 Å². The van der Waals surface area contributed by atoms with E-state index in [1.807, 2.05) is 0 Å². The largest absolute Gasteiger partial charge is 0.480 e. The first-order valence-corrected chi connectivity index (χ1v) is 6.79. The summed E-state index contributed by atoms with van der Waals surface area (Å²) in [5.74, 6) is -7.00. The van der Waals surface area contributed by atoms with Crippen molar-refractivity contribution in [1.29, 1.82) is 0 Å². The zero-order chi connectivity index (χ0) is 17.5. The summed E-state index contributed by atoms with van der Waals surface area (Å²) in [4.78, 5) is 71.8. The average Bonchev–Trinajstić information content (AvgIpc) is 2.96. The molecule has 2 N–H and O–H groups in total. The van der Waals surface area contributed by atoms with E-state index in [9.17, 15) is 39.0 Å². The molecule has 0 bridgehead atoms. The van der Waals surface area contributed by atoms with Crippen LogP contribution in [0.2, 0.25) is 0 Å². The van der Waals surface area contributed by atoms with Gasteiger partial charge in [-0.3, -0.25) is 38.6 Å². The third-order valence-corrected chi connectivity index (χ3v) is 4.07. The smallest absolute Gasteiger partial charge is 0.324 e. The Labute approximate surface area is 129 Å². The van der Waals surface area contributed by atoms with Crippen LogP contribution in [0.15, 0.2) is 0 Å². The summed E-state index contributed by atoms with van der Waals surface area (Å²) in [5.41, 5.74) is -2.73. The van der Waals surface area contributed by atoms with E-state index in [4.69, 9.17) is 0 Å². The van der Waals surface area contributed by atoms with Gasteiger partial charge in [-0.1, -0.05) is 0 Å². The molecule has 23 heavy (non-hydrogen) atoms. The molecule has 0 radical (unpaired) electrons. The molecular weight excluding hydrogens is 312 g/mol. The fourth-order valence-corrected chi connectivity index (χ4v) is 2.68. The van der Waals surface area contributed by atoms with Gasteiger partial charge in [-0.05, 0) is 6.92 Å². The maximum absolute atomic E-state index is 12.0. The monoisotopic (exact) mass is 326 g/mol. The number of hydrogen-bond acceptors (Lipinski definition) is 6. The summed E-state index contributed by atoms with van der Waals surface area (Å²) >= 11 is 0. The van der Waals surface area contributed by atoms with Crippen molar-refractivity contribution in [3.8, 4) is 0 Å². The van der Waals surface area contributed by atoms with Crippen LogP contribution in [-0.2, 0) is 28.8 Å². The number of nitrogens with zero attached hydrogens (tertiary/aromatic N) is 2. The highest BCUT2D eigenvalue weighted by atomic mass is 16.4. The lowest BCUT2D eigenvalue weighted by atomic mass is 9.85. The molecule has 124 valence electrons. The first kappa shape index (κ1) is 16.6. The molecule has 0 aromatic rings. The minimum atomic E-state index is -2.73. The van der Waals surface area contributed by atoms with Crippen molar-refractivity contribution in [3.63, 3.8) is 0 Å². The molecule has 2 rings (SSSR count). The molecule has 2 aliphatic rings. The summed E-state index contributed by atoms with van der Waals surface area (Å²) in [6.45, 7) is 0.764. The molecule has 2 saturated heterocycles. The van der Waals surface area contributed by atoms with E-state index < -0.39 is 47.1 Å². The normalized spacial score (nSPS) is 19.2. The van der Waals surface area contributed by atoms with Crippen molar-refractivity contribution < 1.29 is 39.0 Å². The highest BCUT2D eigenvalue weighted by molar-refractivity contribution is 6.09. The minimum absolute atomic E-state index is 0.235. The van der Waals surface area contributed by atoms with Gasteiger partial charge in [-0.2, -0.15) is 0 Å². The van der Waals surface area contributed by atoms with E-state index in [1.54, 1.807) is 0 Å². The van der Waals surface area contributed by atoms with Crippen LogP contribution in [0.1, 0.15) is 32.6 Å². The quantitative estimate of drug-likeness (QED) is 0.472.